The van der Waals surface area contributed by atoms with Gasteiger partial charge in [0.2, 0.25) is 5.91 Å². The fourth-order valence-electron chi connectivity index (χ4n) is 4.72. The number of amides is 1. The zero-order valence-corrected chi connectivity index (χ0v) is 19.9. The first-order valence-electron chi connectivity index (χ1n) is 12.1. The number of aliphatic hydroxyl groups is 1. The van der Waals surface area contributed by atoms with Crippen LogP contribution in [0, 0.1) is 12.8 Å². The van der Waals surface area contributed by atoms with Crippen molar-refractivity contribution in [3.63, 3.8) is 0 Å². The molecule has 186 valence electrons. The Balaban J connectivity index is 1.18. The van der Waals surface area contributed by atoms with Gasteiger partial charge in [0.15, 0.2) is 11.5 Å². The van der Waals surface area contributed by atoms with Crippen molar-refractivity contribution in [3.05, 3.63) is 59.0 Å². The summed E-state index contributed by atoms with van der Waals surface area (Å²) in [5.74, 6) is 1.71. The first-order valence-corrected chi connectivity index (χ1v) is 12.1. The van der Waals surface area contributed by atoms with E-state index in [2.05, 4.69) is 20.6 Å². The molecule has 0 unspecified atom stereocenters. The van der Waals surface area contributed by atoms with Crippen molar-refractivity contribution >= 4 is 28.4 Å². The number of carbonyl (C=O) groups excluding carboxylic acids is 1. The van der Waals surface area contributed by atoms with Gasteiger partial charge < -0.3 is 19.8 Å². The molecule has 4 aromatic rings. The zero-order valence-electron chi connectivity index (χ0n) is 19.9. The molecule has 1 saturated heterocycles. The number of carbonyl (C=O) groups is 1. The van der Waals surface area contributed by atoms with Gasteiger partial charge in [-0.25, -0.2) is 9.67 Å². The van der Waals surface area contributed by atoms with Crippen LogP contribution in [0.15, 0.2) is 52.2 Å². The van der Waals surface area contributed by atoms with Gasteiger partial charge in [0, 0.05) is 30.8 Å². The molecule has 0 atom stereocenters. The number of aryl methyl sites for hydroxylation is 1. The van der Waals surface area contributed by atoms with E-state index in [1.165, 1.54) is 17.1 Å². The van der Waals surface area contributed by atoms with Gasteiger partial charge in [-0.15, -0.1) is 0 Å². The van der Waals surface area contributed by atoms with Crippen LogP contribution in [0.3, 0.4) is 0 Å². The van der Waals surface area contributed by atoms with Crippen molar-refractivity contribution < 1.29 is 14.4 Å². The summed E-state index contributed by atoms with van der Waals surface area (Å²) >= 11 is 0. The highest BCUT2D eigenvalue weighted by Gasteiger charge is 2.39. The normalized spacial score (nSPS) is 17.4. The van der Waals surface area contributed by atoms with Crippen LogP contribution < -0.4 is 10.9 Å². The number of nitrogens with one attached hydrogen (secondary N) is 1. The lowest BCUT2D eigenvalue weighted by molar-refractivity contribution is -0.137. The minimum Gasteiger partial charge on any atom is -0.388 e. The quantitative estimate of drug-likeness (QED) is 0.422. The molecule has 0 radical (unpaired) electrons. The zero-order chi connectivity index (χ0) is 24.9. The molecule has 1 aromatic carbocycles. The van der Waals surface area contributed by atoms with Gasteiger partial charge in [0.05, 0.1) is 24.0 Å². The largest absolute Gasteiger partial charge is 0.388 e. The second-order valence-corrected chi connectivity index (χ2v) is 9.79. The van der Waals surface area contributed by atoms with Crippen LogP contribution >= 0.6 is 0 Å². The van der Waals surface area contributed by atoms with E-state index in [0.717, 1.165) is 30.0 Å². The van der Waals surface area contributed by atoms with Crippen LogP contribution in [0.25, 0.3) is 16.7 Å². The minimum atomic E-state index is -1.05. The van der Waals surface area contributed by atoms with Crippen LogP contribution in [0.1, 0.15) is 31.4 Å². The lowest BCUT2D eigenvalue weighted by atomic mass is 9.91. The Bertz CT molecular complexity index is 1470. The van der Waals surface area contributed by atoms with Crippen LogP contribution in [0.5, 0.6) is 0 Å². The van der Waals surface area contributed by atoms with Crippen LogP contribution in [-0.2, 0) is 11.3 Å². The van der Waals surface area contributed by atoms with E-state index in [-0.39, 0.29) is 23.9 Å². The molecule has 0 bridgehead atoms. The summed E-state index contributed by atoms with van der Waals surface area (Å²) in [6.07, 6.45) is 5.78. The molecule has 2 fully saturated rings. The molecule has 1 aliphatic heterocycles. The predicted octanol–water partition coefficient (Wildman–Crippen LogP) is 2.39. The third-order valence-electron chi connectivity index (χ3n) is 6.96. The standard InChI is InChI=1S/C25H27N7O4/c1-16-12-21(29-36-16)28-18-4-6-19(7-5-18)32-22-20(13-27-32)24(34)31(15-26-22)14-25(35)8-10-30(11-9-25)23(33)17-2-3-17/h4-7,12-13,15,17,35H,2-3,8-11,14H2,1H3,(H,28,29). The summed E-state index contributed by atoms with van der Waals surface area (Å²) in [5.41, 5.74) is 0.720. The molecule has 4 heterocycles. The average molecular weight is 490 g/mol. The second kappa shape index (κ2) is 8.59. The number of hydrogen-bond acceptors (Lipinski definition) is 8. The molecule has 1 aliphatic carbocycles. The van der Waals surface area contributed by atoms with E-state index in [1.54, 1.807) is 10.7 Å². The lowest BCUT2D eigenvalue weighted by Gasteiger charge is -2.38. The molecule has 0 spiro atoms. The van der Waals surface area contributed by atoms with E-state index in [0.29, 0.717) is 42.8 Å². The average Bonchev–Trinajstić information content (AvgIpc) is 3.51. The van der Waals surface area contributed by atoms with Gasteiger partial charge in [0.25, 0.3) is 5.56 Å². The van der Waals surface area contributed by atoms with Gasteiger partial charge in [-0.2, -0.15) is 5.10 Å². The molecule has 11 heteroatoms. The van der Waals surface area contributed by atoms with Crippen LogP contribution in [0.2, 0.25) is 0 Å². The van der Waals surface area contributed by atoms with Gasteiger partial charge >= 0.3 is 0 Å². The second-order valence-electron chi connectivity index (χ2n) is 9.79. The maximum absolute atomic E-state index is 13.2. The van der Waals surface area contributed by atoms with Crippen molar-refractivity contribution in [2.45, 2.75) is 44.8 Å². The Hall–Kier alpha value is -3.99. The summed E-state index contributed by atoms with van der Waals surface area (Å²) in [6.45, 7) is 2.98. The van der Waals surface area contributed by atoms with Gasteiger partial charge in [-0.3, -0.25) is 14.2 Å². The number of nitrogens with zero attached hydrogens (tertiary/aromatic N) is 6. The lowest BCUT2D eigenvalue weighted by Crippen LogP contribution is -2.50. The van der Waals surface area contributed by atoms with Gasteiger partial charge in [-0.05, 0) is 56.9 Å². The highest BCUT2D eigenvalue weighted by Crippen LogP contribution is 2.33. The van der Waals surface area contributed by atoms with Crippen molar-refractivity contribution in [1.82, 2.24) is 29.4 Å². The number of piperidine rings is 1. The van der Waals surface area contributed by atoms with Crippen molar-refractivity contribution in [3.8, 4) is 5.69 Å². The number of likely N-dealkylation sites (tertiary alicyclic amines) is 1. The predicted molar refractivity (Wildman–Crippen MR) is 131 cm³/mol. The number of anilines is 2. The molecular weight excluding hydrogens is 462 g/mol. The minimum absolute atomic E-state index is 0.132. The summed E-state index contributed by atoms with van der Waals surface area (Å²) in [4.78, 5) is 31.8. The molecule has 3 aromatic heterocycles. The number of hydrogen-bond donors (Lipinski definition) is 2. The molecule has 2 N–H and O–H groups in total. The summed E-state index contributed by atoms with van der Waals surface area (Å²) in [5, 5.41) is 23.0. The summed E-state index contributed by atoms with van der Waals surface area (Å²) in [6, 6.07) is 9.30. The van der Waals surface area contributed by atoms with E-state index in [9.17, 15) is 14.7 Å². The SMILES string of the molecule is Cc1cc(Nc2ccc(-n3ncc4c(=O)n(CC5(O)CCN(C(=O)C6CC6)CC5)cnc43)cc2)no1. The Morgan fingerprint density at radius 3 is 2.64 bits per heavy atom. The maximum Gasteiger partial charge on any atom is 0.264 e. The van der Waals surface area contributed by atoms with E-state index in [4.69, 9.17) is 4.52 Å². The molecule has 11 nitrogen and oxygen atoms in total. The number of aromatic nitrogens is 5. The molecule has 2 aliphatic rings. The first-order chi connectivity index (χ1) is 17.4. The van der Waals surface area contributed by atoms with Crippen molar-refractivity contribution in [2.75, 3.05) is 18.4 Å². The third-order valence-corrected chi connectivity index (χ3v) is 6.96. The van der Waals surface area contributed by atoms with Crippen LogP contribution in [-0.4, -0.2) is 59.1 Å². The number of rotatable bonds is 6. The topological polar surface area (TPSA) is 131 Å². The summed E-state index contributed by atoms with van der Waals surface area (Å²) in [7, 11) is 0. The van der Waals surface area contributed by atoms with Crippen LogP contribution in [0.4, 0.5) is 11.5 Å². The first kappa shape index (κ1) is 22.5. The van der Waals surface area contributed by atoms with E-state index < -0.39 is 5.60 Å². The highest BCUT2D eigenvalue weighted by molar-refractivity contribution is 5.81. The maximum atomic E-state index is 13.2. The van der Waals surface area contributed by atoms with Gasteiger partial charge in [-0.1, -0.05) is 5.16 Å². The van der Waals surface area contributed by atoms with Crippen molar-refractivity contribution in [2.24, 2.45) is 5.92 Å². The molecule has 1 amide bonds. The molecule has 6 rings (SSSR count). The van der Waals surface area contributed by atoms with Gasteiger partial charge in [0.1, 0.15) is 17.5 Å². The Morgan fingerprint density at radius 1 is 1.22 bits per heavy atom. The molecule has 1 saturated carbocycles. The highest BCUT2D eigenvalue weighted by atomic mass is 16.5. The molecular formula is C25H27N7O4. The Kier molecular flexibility index (Phi) is 5.36. The monoisotopic (exact) mass is 489 g/mol. The fraction of sp³-hybridized carbons (Fsp3) is 0.400. The van der Waals surface area contributed by atoms with Crippen molar-refractivity contribution in [1.29, 1.82) is 0 Å². The number of fused-ring (bicyclic) bond motifs is 1. The van der Waals surface area contributed by atoms with E-state index in [1.807, 2.05) is 36.1 Å². The third kappa shape index (κ3) is 4.26. The number of benzene rings is 1. The molecule has 36 heavy (non-hydrogen) atoms. The fourth-order valence-corrected chi connectivity index (χ4v) is 4.72. The Morgan fingerprint density at radius 2 is 1.97 bits per heavy atom. The van der Waals surface area contributed by atoms with E-state index >= 15 is 0 Å². The summed E-state index contributed by atoms with van der Waals surface area (Å²) < 4.78 is 8.13. The smallest absolute Gasteiger partial charge is 0.264 e. The Labute approximate surface area is 206 Å².